The van der Waals surface area contributed by atoms with E-state index in [0.29, 0.717) is 13.0 Å². The van der Waals surface area contributed by atoms with E-state index in [4.69, 9.17) is 0 Å². The highest BCUT2D eigenvalue weighted by Gasteiger charge is 2.30. The van der Waals surface area contributed by atoms with Gasteiger partial charge < -0.3 is 5.11 Å². The molecule has 1 N–H and O–H groups in total. The van der Waals surface area contributed by atoms with Crippen LogP contribution in [0.5, 0.6) is 0 Å². The molecule has 1 aliphatic heterocycles. The van der Waals surface area contributed by atoms with Crippen LogP contribution in [0.25, 0.3) is 0 Å². The Labute approximate surface area is 132 Å². The molecule has 2 unspecified atom stereocenters. The molecule has 2 atom stereocenters. The van der Waals surface area contributed by atoms with E-state index >= 15 is 0 Å². The second-order valence-corrected chi connectivity index (χ2v) is 7.08. The number of rotatable bonds is 3. The molecule has 0 amide bonds. The highest BCUT2D eigenvalue weighted by Crippen LogP contribution is 2.29. The zero-order valence-electron chi connectivity index (χ0n) is 13.5. The topological polar surface area (TPSA) is 64.3 Å². The standard InChI is InChI=1S/C18H24N2O2/c1-18(2,3)15-8-6-13(7-9-15)16(11-19)20-10-4-5-14(12-20)17(21)22/h6-9,14,16H,4-5,10,12H2,1-3H3,(H,21,22). The van der Waals surface area contributed by atoms with Crippen LogP contribution in [0.3, 0.4) is 0 Å². The number of carbonyl (C=O) groups is 1. The van der Waals surface area contributed by atoms with Crippen LogP contribution in [0.4, 0.5) is 0 Å². The number of carboxylic acids is 1. The third-order valence-electron chi connectivity index (χ3n) is 4.38. The Bertz CT molecular complexity index is 566. The van der Waals surface area contributed by atoms with Crippen LogP contribution < -0.4 is 0 Å². The number of aliphatic carboxylic acids is 1. The van der Waals surface area contributed by atoms with Crippen LogP contribution in [0.1, 0.15) is 50.8 Å². The van der Waals surface area contributed by atoms with Crippen LogP contribution in [0.2, 0.25) is 0 Å². The van der Waals surface area contributed by atoms with Gasteiger partial charge in [0.15, 0.2) is 0 Å². The predicted molar refractivity (Wildman–Crippen MR) is 85.4 cm³/mol. The summed E-state index contributed by atoms with van der Waals surface area (Å²) in [4.78, 5) is 13.2. The number of likely N-dealkylation sites (tertiary alicyclic amines) is 1. The minimum atomic E-state index is -0.760. The van der Waals surface area contributed by atoms with Crippen LogP contribution in [-0.2, 0) is 10.2 Å². The van der Waals surface area contributed by atoms with Gasteiger partial charge in [0.2, 0.25) is 0 Å². The van der Waals surface area contributed by atoms with Crippen LogP contribution >= 0.6 is 0 Å². The summed E-state index contributed by atoms with van der Waals surface area (Å²) in [6.45, 7) is 7.71. The summed E-state index contributed by atoms with van der Waals surface area (Å²) in [6.07, 6.45) is 1.53. The maximum Gasteiger partial charge on any atom is 0.307 e. The van der Waals surface area contributed by atoms with Crippen molar-refractivity contribution in [3.05, 3.63) is 35.4 Å². The highest BCUT2D eigenvalue weighted by atomic mass is 16.4. The molecular formula is C18H24N2O2. The zero-order chi connectivity index (χ0) is 16.3. The van der Waals surface area contributed by atoms with Gasteiger partial charge in [-0.05, 0) is 35.9 Å². The molecule has 0 bridgehead atoms. The van der Waals surface area contributed by atoms with Gasteiger partial charge in [0, 0.05) is 6.54 Å². The molecule has 1 fully saturated rings. The van der Waals surface area contributed by atoms with E-state index in [1.54, 1.807) is 0 Å². The highest BCUT2D eigenvalue weighted by molar-refractivity contribution is 5.70. The van der Waals surface area contributed by atoms with Crippen LogP contribution in [0, 0.1) is 17.2 Å². The molecule has 0 aliphatic carbocycles. The predicted octanol–water partition coefficient (Wildman–Crippen LogP) is 3.35. The zero-order valence-corrected chi connectivity index (χ0v) is 13.5. The summed E-state index contributed by atoms with van der Waals surface area (Å²) in [6, 6.07) is 10.1. The van der Waals surface area contributed by atoms with Crippen molar-refractivity contribution >= 4 is 5.97 Å². The fourth-order valence-electron chi connectivity index (χ4n) is 2.97. The van der Waals surface area contributed by atoms with Gasteiger partial charge in [0.05, 0.1) is 12.0 Å². The van der Waals surface area contributed by atoms with E-state index in [1.807, 2.05) is 17.0 Å². The largest absolute Gasteiger partial charge is 0.481 e. The van der Waals surface area contributed by atoms with E-state index in [-0.39, 0.29) is 17.4 Å². The number of nitriles is 1. The SMILES string of the molecule is CC(C)(C)c1ccc(C(C#N)N2CCCC(C(=O)O)C2)cc1. The molecule has 0 spiro atoms. The van der Waals surface area contributed by atoms with Gasteiger partial charge in [-0.2, -0.15) is 5.26 Å². The van der Waals surface area contributed by atoms with Crippen molar-refractivity contribution < 1.29 is 9.90 Å². The maximum absolute atomic E-state index is 11.2. The molecule has 1 aromatic carbocycles. The molecule has 1 aliphatic rings. The van der Waals surface area contributed by atoms with Crippen molar-refractivity contribution in [2.24, 2.45) is 5.92 Å². The summed E-state index contributed by atoms with van der Waals surface area (Å²) in [5.74, 6) is -1.12. The molecule has 0 aromatic heterocycles. The lowest BCUT2D eigenvalue weighted by molar-refractivity contribution is -0.143. The average Bonchev–Trinajstić information content (AvgIpc) is 2.48. The quantitative estimate of drug-likeness (QED) is 0.929. The van der Waals surface area contributed by atoms with Gasteiger partial charge in [-0.1, -0.05) is 45.0 Å². The molecule has 1 aromatic rings. The molecule has 22 heavy (non-hydrogen) atoms. The van der Waals surface area contributed by atoms with Gasteiger partial charge >= 0.3 is 5.97 Å². The van der Waals surface area contributed by atoms with E-state index in [1.165, 1.54) is 5.56 Å². The lowest BCUT2D eigenvalue weighted by Crippen LogP contribution is -2.40. The van der Waals surface area contributed by atoms with E-state index in [9.17, 15) is 15.2 Å². The van der Waals surface area contributed by atoms with E-state index in [2.05, 4.69) is 39.0 Å². The summed E-state index contributed by atoms with van der Waals surface area (Å²) in [7, 11) is 0. The van der Waals surface area contributed by atoms with Crippen molar-refractivity contribution in [1.29, 1.82) is 5.26 Å². The molecule has 4 heteroatoms. The maximum atomic E-state index is 11.2. The first-order valence-electron chi connectivity index (χ1n) is 7.80. The molecule has 0 radical (unpaired) electrons. The number of carboxylic acid groups (broad SMARTS) is 1. The molecular weight excluding hydrogens is 276 g/mol. The van der Waals surface area contributed by atoms with Crippen LogP contribution in [0.15, 0.2) is 24.3 Å². The summed E-state index contributed by atoms with van der Waals surface area (Å²) >= 11 is 0. The average molecular weight is 300 g/mol. The Morgan fingerprint density at radius 1 is 1.36 bits per heavy atom. The second kappa shape index (κ2) is 6.50. The Kier molecular flexibility index (Phi) is 4.87. The lowest BCUT2D eigenvalue weighted by Gasteiger charge is -2.34. The number of benzene rings is 1. The number of nitrogens with zero attached hydrogens (tertiary/aromatic N) is 2. The fraction of sp³-hybridized carbons (Fsp3) is 0.556. The van der Waals surface area contributed by atoms with Crippen LogP contribution in [-0.4, -0.2) is 29.1 Å². The summed E-state index contributed by atoms with van der Waals surface area (Å²) < 4.78 is 0. The lowest BCUT2D eigenvalue weighted by atomic mass is 9.86. The minimum Gasteiger partial charge on any atom is -0.481 e. The number of hydrogen-bond acceptors (Lipinski definition) is 3. The molecule has 4 nitrogen and oxygen atoms in total. The molecule has 1 saturated heterocycles. The Balaban J connectivity index is 2.18. The van der Waals surface area contributed by atoms with Crippen molar-refractivity contribution in [3.63, 3.8) is 0 Å². The number of piperidine rings is 1. The molecule has 2 rings (SSSR count). The number of hydrogen-bond donors (Lipinski definition) is 1. The third kappa shape index (κ3) is 3.66. The molecule has 1 heterocycles. The fourth-order valence-corrected chi connectivity index (χ4v) is 2.97. The first-order valence-corrected chi connectivity index (χ1v) is 7.80. The van der Waals surface area contributed by atoms with E-state index in [0.717, 1.165) is 18.5 Å². The van der Waals surface area contributed by atoms with Gasteiger partial charge in [-0.25, -0.2) is 0 Å². The van der Waals surface area contributed by atoms with Crippen molar-refractivity contribution in [2.75, 3.05) is 13.1 Å². The van der Waals surface area contributed by atoms with Gasteiger partial charge in [0.25, 0.3) is 0 Å². The van der Waals surface area contributed by atoms with Crippen molar-refractivity contribution in [1.82, 2.24) is 4.90 Å². The normalized spacial score (nSPS) is 21.1. The van der Waals surface area contributed by atoms with Gasteiger partial charge in [-0.15, -0.1) is 0 Å². The molecule has 118 valence electrons. The smallest absolute Gasteiger partial charge is 0.307 e. The molecule has 0 saturated carbocycles. The third-order valence-corrected chi connectivity index (χ3v) is 4.38. The van der Waals surface area contributed by atoms with Gasteiger partial charge in [0.1, 0.15) is 6.04 Å². The Morgan fingerprint density at radius 2 is 2.00 bits per heavy atom. The Morgan fingerprint density at radius 3 is 2.50 bits per heavy atom. The summed E-state index contributed by atoms with van der Waals surface area (Å²) in [5.41, 5.74) is 2.26. The Hall–Kier alpha value is -1.86. The summed E-state index contributed by atoms with van der Waals surface area (Å²) in [5, 5.41) is 18.7. The van der Waals surface area contributed by atoms with Gasteiger partial charge in [-0.3, -0.25) is 9.69 Å². The van der Waals surface area contributed by atoms with Crippen molar-refractivity contribution in [2.45, 2.75) is 45.1 Å². The second-order valence-electron chi connectivity index (χ2n) is 7.08. The van der Waals surface area contributed by atoms with Crippen molar-refractivity contribution in [3.8, 4) is 6.07 Å². The first-order chi connectivity index (χ1) is 10.3. The monoisotopic (exact) mass is 300 g/mol. The first kappa shape index (κ1) is 16.5. The van der Waals surface area contributed by atoms with E-state index < -0.39 is 5.97 Å². The minimum absolute atomic E-state index is 0.0835.